The molecular formula is C12H14BrNO3. The number of ketones is 1. The lowest BCUT2D eigenvalue weighted by molar-refractivity contribution is 0.0523. The third-order valence-electron chi connectivity index (χ3n) is 2.16. The zero-order valence-corrected chi connectivity index (χ0v) is 11.1. The number of Topliss-reactive ketones (excluding diaryl/α,β-unsaturated/α-hetero) is 1. The molecule has 0 saturated carbocycles. The summed E-state index contributed by atoms with van der Waals surface area (Å²) >= 11 is 3.19. The molecule has 5 heteroatoms. The molecular weight excluding hydrogens is 286 g/mol. The van der Waals surface area contributed by atoms with Crippen molar-refractivity contribution in [3.8, 4) is 0 Å². The summed E-state index contributed by atoms with van der Waals surface area (Å²) in [4.78, 5) is 23.5. The molecule has 1 rings (SSSR count). The SMILES string of the molecule is CCOC(=O)c1ccc(N)cc1C(=O)CCBr. The smallest absolute Gasteiger partial charge is 0.338 e. The predicted molar refractivity (Wildman–Crippen MR) is 69.6 cm³/mol. The third-order valence-corrected chi connectivity index (χ3v) is 2.56. The average Bonchev–Trinajstić information content (AvgIpc) is 2.29. The number of carbonyl (C=O) groups is 2. The Hall–Kier alpha value is -1.36. The maximum absolute atomic E-state index is 11.8. The van der Waals surface area contributed by atoms with Crippen LogP contribution in [0.3, 0.4) is 0 Å². The summed E-state index contributed by atoms with van der Waals surface area (Å²) in [6.45, 7) is 1.99. The number of esters is 1. The molecule has 1 aromatic rings. The molecule has 0 heterocycles. The van der Waals surface area contributed by atoms with Crippen molar-refractivity contribution in [1.29, 1.82) is 0 Å². The standard InChI is InChI=1S/C12H14BrNO3/c1-2-17-12(16)9-4-3-8(14)7-10(9)11(15)5-6-13/h3-4,7H,2,5-6,14H2,1H3. The number of benzene rings is 1. The quantitative estimate of drug-likeness (QED) is 0.392. The number of nitrogen functional groups attached to an aromatic ring is 1. The van der Waals surface area contributed by atoms with Crippen LogP contribution < -0.4 is 5.73 Å². The highest BCUT2D eigenvalue weighted by Crippen LogP contribution is 2.17. The third kappa shape index (κ3) is 3.56. The van der Waals surface area contributed by atoms with Crippen LogP contribution in [0.4, 0.5) is 5.69 Å². The first-order chi connectivity index (χ1) is 8.10. The number of carbonyl (C=O) groups excluding carboxylic acids is 2. The zero-order chi connectivity index (χ0) is 12.8. The highest BCUT2D eigenvalue weighted by atomic mass is 79.9. The maximum Gasteiger partial charge on any atom is 0.338 e. The van der Waals surface area contributed by atoms with Gasteiger partial charge in [-0.25, -0.2) is 4.79 Å². The molecule has 0 aliphatic heterocycles. The normalized spacial score (nSPS) is 10.0. The lowest BCUT2D eigenvalue weighted by Gasteiger charge is -2.08. The van der Waals surface area contributed by atoms with Gasteiger partial charge in [0, 0.05) is 23.0 Å². The van der Waals surface area contributed by atoms with Crippen LogP contribution in [0, 0.1) is 0 Å². The molecule has 0 aliphatic carbocycles. The number of alkyl halides is 1. The number of anilines is 1. The largest absolute Gasteiger partial charge is 0.462 e. The van der Waals surface area contributed by atoms with Crippen molar-refractivity contribution in [3.63, 3.8) is 0 Å². The van der Waals surface area contributed by atoms with Crippen molar-refractivity contribution in [3.05, 3.63) is 29.3 Å². The minimum absolute atomic E-state index is 0.128. The van der Waals surface area contributed by atoms with Gasteiger partial charge in [0.05, 0.1) is 12.2 Å². The summed E-state index contributed by atoms with van der Waals surface area (Å²) in [5.74, 6) is -0.623. The number of halogens is 1. The monoisotopic (exact) mass is 299 g/mol. The Balaban J connectivity index is 3.11. The number of nitrogens with two attached hydrogens (primary N) is 1. The van der Waals surface area contributed by atoms with E-state index in [0.717, 1.165) is 0 Å². The number of hydrogen-bond acceptors (Lipinski definition) is 4. The van der Waals surface area contributed by atoms with Gasteiger partial charge in [-0.15, -0.1) is 0 Å². The van der Waals surface area contributed by atoms with Gasteiger partial charge in [-0.3, -0.25) is 4.79 Å². The molecule has 1 aromatic carbocycles. The van der Waals surface area contributed by atoms with Gasteiger partial charge in [0.25, 0.3) is 0 Å². The van der Waals surface area contributed by atoms with Crippen molar-refractivity contribution in [1.82, 2.24) is 0 Å². The van der Waals surface area contributed by atoms with Crippen molar-refractivity contribution in [2.45, 2.75) is 13.3 Å². The van der Waals surface area contributed by atoms with Crippen LogP contribution in [0.1, 0.15) is 34.1 Å². The molecule has 0 aliphatic rings. The summed E-state index contributed by atoms with van der Waals surface area (Å²) in [5.41, 5.74) is 6.67. The first-order valence-corrected chi connectivity index (χ1v) is 6.38. The fourth-order valence-electron chi connectivity index (χ4n) is 1.40. The molecule has 0 fully saturated rings. The maximum atomic E-state index is 11.8. The lowest BCUT2D eigenvalue weighted by Crippen LogP contribution is -2.12. The summed E-state index contributed by atoms with van der Waals surface area (Å²) in [6, 6.07) is 4.61. The second kappa shape index (κ2) is 6.39. The van der Waals surface area contributed by atoms with Gasteiger partial charge < -0.3 is 10.5 Å². The molecule has 0 radical (unpaired) electrons. The molecule has 2 N–H and O–H groups in total. The molecule has 17 heavy (non-hydrogen) atoms. The van der Waals surface area contributed by atoms with Gasteiger partial charge in [-0.05, 0) is 25.1 Å². The molecule has 0 saturated heterocycles. The van der Waals surface area contributed by atoms with Crippen LogP contribution in [-0.4, -0.2) is 23.7 Å². The van der Waals surface area contributed by atoms with Crippen molar-refractivity contribution in [2.75, 3.05) is 17.7 Å². The van der Waals surface area contributed by atoms with E-state index in [2.05, 4.69) is 15.9 Å². The highest BCUT2D eigenvalue weighted by Gasteiger charge is 2.17. The summed E-state index contributed by atoms with van der Waals surface area (Å²) < 4.78 is 4.89. The second-order valence-corrected chi connectivity index (χ2v) is 4.18. The highest BCUT2D eigenvalue weighted by molar-refractivity contribution is 9.09. The first kappa shape index (κ1) is 13.7. The lowest BCUT2D eigenvalue weighted by atomic mass is 10.0. The van der Waals surface area contributed by atoms with E-state index in [4.69, 9.17) is 10.5 Å². The van der Waals surface area contributed by atoms with Crippen LogP contribution in [0.25, 0.3) is 0 Å². The first-order valence-electron chi connectivity index (χ1n) is 5.26. The Morgan fingerprint density at radius 1 is 1.35 bits per heavy atom. The number of ether oxygens (including phenoxy) is 1. The summed E-state index contributed by atoms with van der Waals surface area (Å²) in [5, 5.41) is 0.545. The van der Waals surface area contributed by atoms with Gasteiger partial charge >= 0.3 is 5.97 Å². The van der Waals surface area contributed by atoms with Crippen LogP contribution in [0.2, 0.25) is 0 Å². The van der Waals surface area contributed by atoms with Crippen LogP contribution in [0.15, 0.2) is 18.2 Å². The van der Waals surface area contributed by atoms with E-state index in [9.17, 15) is 9.59 Å². The van der Waals surface area contributed by atoms with Crippen LogP contribution in [0.5, 0.6) is 0 Å². The van der Waals surface area contributed by atoms with Crippen molar-refractivity contribution >= 4 is 33.4 Å². The fourth-order valence-corrected chi connectivity index (χ4v) is 1.76. The van der Waals surface area contributed by atoms with E-state index < -0.39 is 5.97 Å². The Kier molecular flexibility index (Phi) is 5.15. The number of hydrogen-bond donors (Lipinski definition) is 1. The van der Waals surface area contributed by atoms with E-state index in [-0.39, 0.29) is 18.0 Å². The Morgan fingerprint density at radius 3 is 2.65 bits per heavy atom. The summed E-state index contributed by atoms with van der Waals surface area (Å²) in [6.07, 6.45) is 0.315. The van der Waals surface area contributed by atoms with Crippen LogP contribution in [-0.2, 0) is 4.74 Å². The Bertz CT molecular complexity index is 432. The minimum Gasteiger partial charge on any atom is -0.462 e. The Labute approximate surface area is 108 Å². The average molecular weight is 300 g/mol. The number of rotatable bonds is 5. The van der Waals surface area contributed by atoms with E-state index in [0.29, 0.717) is 23.0 Å². The molecule has 0 aromatic heterocycles. The molecule has 92 valence electrons. The second-order valence-electron chi connectivity index (χ2n) is 3.39. The molecule has 0 amide bonds. The van der Waals surface area contributed by atoms with Crippen molar-refractivity contribution in [2.24, 2.45) is 0 Å². The van der Waals surface area contributed by atoms with E-state index in [1.807, 2.05) is 0 Å². The molecule has 0 unspecified atom stereocenters. The molecule has 4 nitrogen and oxygen atoms in total. The van der Waals surface area contributed by atoms with Crippen molar-refractivity contribution < 1.29 is 14.3 Å². The fraction of sp³-hybridized carbons (Fsp3) is 0.333. The molecule has 0 spiro atoms. The Morgan fingerprint density at radius 2 is 2.06 bits per heavy atom. The van der Waals surface area contributed by atoms with Gasteiger partial charge in [-0.1, -0.05) is 15.9 Å². The minimum atomic E-state index is -0.495. The van der Waals surface area contributed by atoms with E-state index in [1.54, 1.807) is 13.0 Å². The zero-order valence-electron chi connectivity index (χ0n) is 9.53. The van der Waals surface area contributed by atoms with Gasteiger partial charge in [0.2, 0.25) is 0 Å². The molecule has 0 atom stereocenters. The predicted octanol–water partition coefficient (Wildman–Crippen LogP) is 2.41. The molecule has 0 bridgehead atoms. The van der Waals surface area contributed by atoms with Crippen LogP contribution >= 0.6 is 15.9 Å². The summed E-state index contributed by atoms with van der Waals surface area (Å²) in [7, 11) is 0. The van der Waals surface area contributed by atoms with Gasteiger partial charge in [-0.2, -0.15) is 0 Å². The van der Waals surface area contributed by atoms with Gasteiger partial charge in [0.15, 0.2) is 5.78 Å². The topological polar surface area (TPSA) is 69.4 Å². The van der Waals surface area contributed by atoms with E-state index in [1.165, 1.54) is 12.1 Å². The van der Waals surface area contributed by atoms with Gasteiger partial charge in [0.1, 0.15) is 0 Å². The van der Waals surface area contributed by atoms with E-state index >= 15 is 0 Å².